The van der Waals surface area contributed by atoms with Crippen LogP contribution in [0.1, 0.15) is 51.6 Å². The topological polar surface area (TPSA) is 44.8 Å². The molecule has 108 valence electrons. The third kappa shape index (κ3) is 2.39. The number of fused-ring (bicyclic) bond motifs is 1. The minimum absolute atomic E-state index is 0.105. The van der Waals surface area contributed by atoms with E-state index in [9.17, 15) is 0 Å². The number of piperidine rings is 1. The van der Waals surface area contributed by atoms with Crippen LogP contribution in [0.2, 0.25) is 0 Å². The molecule has 1 aliphatic rings. The standard InChI is InChI=1S/C16H24N4/c1-11-17-12-10-13(16(2,3)4)19-14(12)15(18-11)20-8-6-5-7-9-20/h10,19H,5-9H2,1-4H3. The van der Waals surface area contributed by atoms with Crippen LogP contribution in [0.15, 0.2) is 6.07 Å². The molecule has 0 aliphatic carbocycles. The second-order valence-electron chi connectivity index (χ2n) is 6.84. The van der Waals surface area contributed by atoms with E-state index in [0.29, 0.717) is 0 Å². The number of rotatable bonds is 1. The molecule has 3 heterocycles. The number of nitrogens with zero attached hydrogens (tertiary/aromatic N) is 3. The third-order valence-corrected chi connectivity index (χ3v) is 4.03. The highest BCUT2D eigenvalue weighted by Gasteiger charge is 2.21. The molecular formula is C16H24N4. The first-order valence-corrected chi connectivity index (χ1v) is 7.58. The van der Waals surface area contributed by atoms with E-state index in [4.69, 9.17) is 4.98 Å². The third-order valence-electron chi connectivity index (χ3n) is 4.03. The zero-order chi connectivity index (χ0) is 14.3. The molecular weight excluding hydrogens is 248 g/mol. The highest BCUT2D eigenvalue weighted by molar-refractivity contribution is 5.87. The lowest BCUT2D eigenvalue weighted by atomic mass is 9.93. The fraction of sp³-hybridized carbons (Fsp3) is 0.625. The number of hydrogen-bond donors (Lipinski definition) is 1. The average Bonchev–Trinajstić information content (AvgIpc) is 2.82. The van der Waals surface area contributed by atoms with Crippen LogP contribution in [0.3, 0.4) is 0 Å². The highest BCUT2D eigenvalue weighted by atomic mass is 15.2. The first-order chi connectivity index (χ1) is 9.45. The molecule has 0 spiro atoms. The predicted octanol–water partition coefficient (Wildman–Crippen LogP) is 3.55. The molecule has 0 aromatic carbocycles. The smallest absolute Gasteiger partial charge is 0.156 e. The van der Waals surface area contributed by atoms with Gasteiger partial charge in [0.25, 0.3) is 0 Å². The van der Waals surface area contributed by atoms with Crippen LogP contribution in [0.4, 0.5) is 5.82 Å². The van der Waals surface area contributed by atoms with Crippen molar-refractivity contribution in [2.24, 2.45) is 0 Å². The summed E-state index contributed by atoms with van der Waals surface area (Å²) in [6, 6.07) is 2.18. The Hall–Kier alpha value is -1.58. The number of aryl methyl sites for hydroxylation is 1. The van der Waals surface area contributed by atoms with Gasteiger partial charge < -0.3 is 9.88 Å². The van der Waals surface area contributed by atoms with Crippen LogP contribution in [-0.4, -0.2) is 28.0 Å². The van der Waals surface area contributed by atoms with E-state index in [1.165, 1.54) is 25.0 Å². The van der Waals surface area contributed by atoms with Gasteiger partial charge in [0.2, 0.25) is 0 Å². The van der Waals surface area contributed by atoms with Crippen molar-refractivity contribution in [3.63, 3.8) is 0 Å². The molecule has 4 heteroatoms. The molecule has 0 saturated carbocycles. The molecule has 3 rings (SSSR count). The van der Waals surface area contributed by atoms with Gasteiger partial charge in [-0.3, -0.25) is 0 Å². The summed E-state index contributed by atoms with van der Waals surface area (Å²) >= 11 is 0. The molecule has 20 heavy (non-hydrogen) atoms. The van der Waals surface area contributed by atoms with Crippen LogP contribution in [-0.2, 0) is 5.41 Å². The quantitative estimate of drug-likeness (QED) is 0.863. The van der Waals surface area contributed by atoms with E-state index < -0.39 is 0 Å². The fourth-order valence-corrected chi connectivity index (χ4v) is 2.85. The molecule has 0 amide bonds. The van der Waals surface area contributed by atoms with Crippen molar-refractivity contribution in [3.8, 4) is 0 Å². The molecule has 1 fully saturated rings. The van der Waals surface area contributed by atoms with Crippen LogP contribution in [0, 0.1) is 6.92 Å². The van der Waals surface area contributed by atoms with Crippen molar-refractivity contribution in [1.29, 1.82) is 0 Å². The van der Waals surface area contributed by atoms with Crippen LogP contribution in [0.25, 0.3) is 11.0 Å². The number of aromatic amines is 1. The Bertz CT molecular complexity index is 615. The van der Waals surface area contributed by atoms with Gasteiger partial charge in [0, 0.05) is 24.2 Å². The Morgan fingerprint density at radius 2 is 1.80 bits per heavy atom. The molecule has 0 unspecified atom stereocenters. The van der Waals surface area contributed by atoms with Gasteiger partial charge in [-0.25, -0.2) is 9.97 Å². The number of aromatic nitrogens is 3. The summed E-state index contributed by atoms with van der Waals surface area (Å²) in [6.07, 6.45) is 3.86. The van der Waals surface area contributed by atoms with E-state index in [1.54, 1.807) is 0 Å². The lowest BCUT2D eigenvalue weighted by molar-refractivity contribution is 0.570. The second kappa shape index (κ2) is 4.76. The summed E-state index contributed by atoms with van der Waals surface area (Å²) < 4.78 is 0. The minimum atomic E-state index is 0.105. The predicted molar refractivity (Wildman–Crippen MR) is 83.4 cm³/mol. The molecule has 0 atom stereocenters. The van der Waals surface area contributed by atoms with E-state index in [0.717, 1.165) is 35.8 Å². The van der Waals surface area contributed by atoms with Crippen LogP contribution >= 0.6 is 0 Å². The summed E-state index contributed by atoms with van der Waals surface area (Å²) in [6.45, 7) is 10.9. The molecule has 2 aromatic heterocycles. The zero-order valence-electron chi connectivity index (χ0n) is 13.0. The minimum Gasteiger partial charge on any atom is -0.355 e. The van der Waals surface area contributed by atoms with Crippen molar-refractivity contribution < 1.29 is 0 Å². The van der Waals surface area contributed by atoms with Crippen molar-refractivity contribution in [2.75, 3.05) is 18.0 Å². The monoisotopic (exact) mass is 272 g/mol. The van der Waals surface area contributed by atoms with Crippen molar-refractivity contribution >= 4 is 16.9 Å². The number of anilines is 1. The molecule has 2 aromatic rings. The average molecular weight is 272 g/mol. The summed E-state index contributed by atoms with van der Waals surface area (Å²) in [7, 11) is 0. The maximum Gasteiger partial charge on any atom is 0.156 e. The van der Waals surface area contributed by atoms with E-state index in [-0.39, 0.29) is 5.41 Å². The molecule has 0 bridgehead atoms. The van der Waals surface area contributed by atoms with Gasteiger partial charge in [-0.2, -0.15) is 0 Å². The zero-order valence-corrected chi connectivity index (χ0v) is 13.0. The molecule has 1 N–H and O–H groups in total. The van der Waals surface area contributed by atoms with E-state index >= 15 is 0 Å². The molecule has 4 nitrogen and oxygen atoms in total. The Morgan fingerprint density at radius 3 is 2.45 bits per heavy atom. The van der Waals surface area contributed by atoms with Gasteiger partial charge in [0.1, 0.15) is 11.3 Å². The highest BCUT2D eigenvalue weighted by Crippen LogP contribution is 2.30. The van der Waals surface area contributed by atoms with Crippen LogP contribution in [0.5, 0.6) is 0 Å². The van der Waals surface area contributed by atoms with Crippen molar-refractivity contribution in [1.82, 2.24) is 15.0 Å². The Kier molecular flexibility index (Phi) is 3.19. The van der Waals surface area contributed by atoms with E-state index in [1.807, 2.05) is 6.92 Å². The van der Waals surface area contributed by atoms with Gasteiger partial charge in [-0.05, 0) is 32.3 Å². The maximum atomic E-state index is 4.70. The van der Waals surface area contributed by atoms with Crippen LogP contribution < -0.4 is 4.90 Å². The number of H-pyrrole nitrogens is 1. The molecule has 1 aliphatic heterocycles. The lowest BCUT2D eigenvalue weighted by Gasteiger charge is -2.28. The Balaban J connectivity index is 2.12. The van der Waals surface area contributed by atoms with Gasteiger partial charge in [0.05, 0.1) is 5.52 Å². The molecule has 0 radical (unpaired) electrons. The van der Waals surface area contributed by atoms with Gasteiger partial charge in [-0.1, -0.05) is 20.8 Å². The first-order valence-electron chi connectivity index (χ1n) is 7.58. The summed E-state index contributed by atoms with van der Waals surface area (Å²) in [4.78, 5) is 15.3. The van der Waals surface area contributed by atoms with Gasteiger partial charge in [-0.15, -0.1) is 0 Å². The van der Waals surface area contributed by atoms with Gasteiger partial charge in [0.15, 0.2) is 5.82 Å². The van der Waals surface area contributed by atoms with E-state index in [2.05, 4.69) is 41.7 Å². The lowest BCUT2D eigenvalue weighted by Crippen LogP contribution is -2.30. The largest absolute Gasteiger partial charge is 0.355 e. The summed E-state index contributed by atoms with van der Waals surface area (Å²) in [5, 5.41) is 0. The normalized spacial score (nSPS) is 16.9. The summed E-state index contributed by atoms with van der Waals surface area (Å²) in [5.74, 6) is 1.94. The SMILES string of the molecule is Cc1nc(N2CCCCC2)c2[nH]c(C(C)(C)C)cc2n1. The van der Waals surface area contributed by atoms with Crippen molar-refractivity contribution in [3.05, 3.63) is 17.6 Å². The Morgan fingerprint density at radius 1 is 1.10 bits per heavy atom. The first kappa shape index (κ1) is 13.4. The van der Waals surface area contributed by atoms with Gasteiger partial charge >= 0.3 is 0 Å². The maximum absolute atomic E-state index is 4.70. The molecule has 1 saturated heterocycles. The van der Waals surface area contributed by atoms with Crippen molar-refractivity contribution in [2.45, 2.75) is 52.4 Å². The summed E-state index contributed by atoms with van der Waals surface area (Å²) in [5.41, 5.74) is 3.48. The number of hydrogen-bond acceptors (Lipinski definition) is 3. The second-order valence-corrected chi connectivity index (χ2v) is 6.84. The Labute approximate surface area is 120 Å². The number of nitrogens with one attached hydrogen (secondary N) is 1. The fourth-order valence-electron chi connectivity index (χ4n) is 2.85.